The molecule has 0 saturated carbocycles. The van der Waals surface area contributed by atoms with Crippen LogP contribution in [0.3, 0.4) is 0 Å². The van der Waals surface area contributed by atoms with Crippen molar-refractivity contribution in [2.24, 2.45) is 5.10 Å². The molecule has 8 nitrogen and oxygen atoms in total. The Kier molecular flexibility index (Phi) is 5.05. The fraction of sp³-hybridized carbons (Fsp3) is 0.0625. The molecule has 0 bridgehead atoms. The number of hydrogen-bond donors (Lipinski definition) is 3. The van der Waals surface area contributed by atoms with Crippen molar-refractivity contribution in [3.8, 4) is 0 Å². The molecule has 25 heavy (non-hydrogen) atoms. The summed E-state index contributed by atoms with van der Waals surface area (Å²) in [6.45, 7) is 0. The second kappa shape index (κ2) is 7.58. The lowest BCUT2D eigenvalue weighted by atomic mass is 10.1. The van der Waals surface area contributed by atoms with Crippen LogP contribution >= 0.6 is 11.8 Å². The Balaban J connectivity index is 1.61. The van der Waals surface area contributed by atoms with Crippen LogP contribution in [-0.4, -0.2) is 33.1 Å². The van der Waals surface area contributed by atoms with Crippen LogP contribution in [0.2, 0.25) is 0 Å². The van der Waals surface area contributed by atoms with Gasteiger partial charge in [0.1, 0.15) is 0 Å². The van der Waals surface area contributed by atoms with Gasteiger partial charge < -0.3 is 0 Å². The van der Waals surface area contributed by atoms with E-state index in [0.29, 0.717) is 0 Å². The molecule has 126 valence electrons. The number of carbonyl (C=O) groups is 1. The van der Waals surface area contributed by atoms with Crippen molar-refractivity contribution in [1.29, 1.82) is 0 Å². The maximum atomic E-state index is 11.8. The predicted octanol–water partition coefficient (Wildman–Crippen LogP) is 0.854. The summed E-state index contributed by atoms with van der Waals surface area (Å²) in [7, 11) is 0. The Morgan fingerprint density at radius 3 is 2.84 bits per heavy atom. The van der Waals surface area contributed by atoms with Crippen LogP contribution < -0.4 is 16.7 Å². The average Bonchev–Trinajstić information content (AvgIpc) is 2.61. The summed E-state index contributed by atoms with van der Waals surface area (Å²) in [5.74, 6) is -0.455. The number of nitrogens with zero attached hydrogens (tertiary/aromatic N) is 2. The van der Waals surface area contributed by atoms with E-state index in [9.17, 15) is 14.4 Å². The number of nitrogens with one attached hydrogen (secondary N) is 3. The molecule has 3 N–H and O–H groups in total. The molecule has 2 aromatic carbocycles. The lowest BCUT2D eigenvalue weighted by molar-refractivity contribution is -0.118. The van der Waals surface area contributed by atoms with E-state index in [1.807, 2.05) is 47.4 Å². The first-order chi connectivity index (χ1) is 12.1. The van der Waals surface area contributed by atoms with Crippen molar-refractivity contribution in [2.45, 2.75) is 5.03 Å². The molecule has 1 amide bonds. The highest BCUT2D eigenvalue weighted by molar-refractivity contribution is 7.99. The van der Waals surface area contributed by atoms with E-state index in [0.717, 1.165) is 28.1 Å². The lowest BCUT2D eigenvalue weighted by Crippen LogP contribution is -2.26. The van der Waals surface area contributed by atoms with Crippen LogP contribution in [0.25, 0.3) is 10.8 Å². The van der Waals surface area contributed by atoms with E-state index in [-0.39, 0.29) is 10.8 Å². The van der Waals surface area contributed by atoms with Gasteiger partial charge in [0.25, 0.3) is 5.56 Å². The second-order valence-corrected chi connectivity index (χ2v) is 5.93. The Hall–Kier alpha value is -3.20. The first-order valence-electron chi connectivity index (χ1n) is 7.25. The zero-order valence-electron chi connectivity index (χ0n) is 12.9. The van der Waals surface area contributed by atoms with E-state index in [1.165, 1.54) is 0 Å². The zero-order chi connectivity index (χ0) is 17.6. The number of H-pyrrole nitrogens is 2. The number of carbonyl (C=O) groups excluding carboxylic acids is 1. The Morgan fingerprint density at radius 1 is 1.20 bits per heavy atom. The van der Waals surface area contributed by atoms with Crippen molar-refractivity contribution in [1.82, 2.24) is 20.6 Å². The SMILES string of the molecule is O=C(CSc1n[nH]c(=O)[nH]c1=O)N/N=C/c1cccc2ccccc12. The Bertz CT molecular complexity index is 1050. The number of benzene rings is 2. The molecule has 0 aliphatic heterocycles. The van der Waals surface area contributed by atoms with Crippen molar-refractivity contribution in [3.63, 3.8) is 0 Å². The number of fused-ring (bicyclic) bond motifs is 1. The van der Waals surface area contributed by atoms with E-state index < -0.39 is 17.2 Å². The Labute approximate surface area is 145 Å². The standard InChI is InChI=1S/C16H13N5O3S/c22-13(9-25-15-14(23)18-16(24)21-20-15)19-17-8-11-6-3-5-10-4-1-2-7-12(10)11/h1-8H,9H2,(H,19,22)(H2,18,21,23,24)/b17-8+. The number of aromatic amines is 2. The monoisotopic (exact) mass is 355 g/mol. The van der Waals surface area contributed by atoms with E-state index in [2.05, 4.69) is 20.7 Å². The molecular weight excluding hydrogens is 342 g/mol. The Morgan fingerprint density at radius 2 is 2.00 bits per heavy atom. The van der Waals surface area contributed by atoms with Gasteiger partial charge in [-0.3, -0.25) is 14.6 Å². The van der Waals surface area contributed by atoms with Gasteiger partial charge in [-0.1, -0.05) is 54.2 Å². The predicted molar refractivity (Wildman–Crippen MR) is 95.9 cm³/mol. The van der Waals surface area contributed by atoms with Crippen LogP contribution in [0.15, 0.2) is 62.2 Å². The topological polar surface area (TPSA) is 120 Å². The third-order valence-electron chi connectivity index (χ3n) is 3.24. The summed E-state index contributed by atoms with van der Waals surface area (Å²) in [6, 6.07) is 13.7. The molecule has 3 aromatic rings. The fourth-order valence-corrected chi connectivity index (χ4v) is 2.76. The molecule has 1 heterocycles. The van der Waals surface area contributed by atoms with Gasteiger partial charge in [-0.25, -0.2) is 15.3 Å². The third-order valence-corrected chi connectivity index (χ3v) is 4.19. The van der Waals surface area contributed by atoms with Crippen LogP contribution in [0, 0.1) is 0 Å². The van der Waals surface area contributed by atoms with Gasteiger partial charge in [-0.05, 0) is 10.8 Å². The molecule has 3 rings (SSSR count). The lowest BCUT2D eigenvalue weighted by Gasteiger charge is -2.02. The van der Waals surface area contributed by atoms with Crippen molar-refractivity contribution in [2.75, 3.05) is 5.75 Å². The molecule has 0 aliphatic carbocycles. The third kappa shape index (κ3) is 4.21. The second-order valence-electron chi connectivity index (χ2n) is 4.96. The van der Waals surface area contributed by atoms with Gasteiger partial charge in [-0.15, -0.1) is 0 Å². The highest BCUT2D eigenvalue weighted by Gasteiger charge is 2.07. The van der Waals surface area contributed by atoms with Gasteiger partial charge in [0.15, 0.2) is 5.03 Å². The minimum absolute atomic E-state index is 0.00721. The van der Waals surface area contributed by atoms with E-state index in [1.54, 1.807) is 6.21 Å². The average molecular weight is 355 g/mol. The van der Waals surface area contributed by atoms with Crippen LogP contribution in [-0.2, 0) is 4.79 Å². The normalized spacial score (nSPS) is 11.0. The van der Waals surface area contributed by atoms with Crippen molar-refractivity contribution in [3.05, 3.63) is 68.9 Å². The summed E-state index contributed by atoms with van der Waals surface area (Å²) in [4.78, 5) is 36.1. The van der Waals surface area contributed by atoms with Gasteiger partial charge in [0.2, 0.25) is 5.91 Å². The largest absolute Gasteiger partial charge is 0.342 e. The minimum Gasteiger partial charge on any atom is -0.272 e. The zero-order valence-corrected chi connectivity index (χ0v) is 13.7. The maximum Gasteiger partial charge on any atom is 0.342 e. The summed E-state index contributed by atoms with van der Waals surface area (Å²) < 4.78 is 0. The molecule has 0 aliphatic rings. The molecule has 0 unspecified atom stereocenters. The molecule has 9 heteroatoms. The van der Waals surface area contributed by atoms with E-state index >= 15 is 0 Å². The number of amides is 1. The summed E-state index contributed by atoms with van der Waals surface area (Å²) in [5, 5.41) is 11.7. The van der Waals surface area contributed by atoms with Crippen LogP contribution in [0.4, 0.5) is 0 Å². The highest BCUT2D eigenvalue weighted by Crippen LogP contribution is 2.16. The molecule has 0 atom stereocenters. The smallest absolute Gasteiger partial charge is 0.272 e. The summed E-state index contributed by atoms with van der Waals surface area (Å²) in [6.07, 6.45) is 1.57. The summed E-state index contributed by atoms with van der Waals surface area (Å²) in [5.41, 5.74) is 1.94. The minimum atomic E-state index is -0.696. The first kappa shape index (κ1) is 16.7. The molecule has 0 fully saturated rings. The maximum absolute atomic E-state index is 11.8. The number of rotatable bonds is 5. The molecule has 0 saturated heterocycles. The van der Waals surface area contributed by atoms with E-state index in [4.69, 9.17) is 0 Å². The molecule has 1 aromatic heterocycles. The highest BCUT2D eigenvalue weighted by atomic mass is 32.2. The van der Waals surface area contributed by atoms with Crippen LogP contribution in [0.5, 0.6) is 0 Å². The number of thioether (sulfide) groups is 1. The van der Waals surface area contributed by atoms with Gasteiger partial charge in [0.05, 0.1) is 12.0 Å². The number of aromatic nitrogens is 3. The van der Waals surface area contributed by atoms with Crippen molar-refractivity contribution >= 4 is 34.7 Å². The number of hydrogen-bond acceptors (Lipinski definition) is 6. The molecule has 0 spiro atoms. The fourth-order valence-electron chi connectivity index (χ4n) is 2.14. The molecule has 0 radical (unpaired) electrons. The number of hydrazone groups is 1. The van der Waals surface area contributed by atoms with Gasteiger partial charge in [-0.2, -0.15) is 10.2 Å². The first-order valence-corrected chi connectivity index (χ1v) is 8.23. The molecular formula is C16H13N5O3S. The van der Waals surface area contributed by atoms with Gasteiger partial charge >= 0.3 is 5.69 Å². The quantitative estimate of drug-likeness (QED) is 0.356. The van der Waals surface area contributed by atoms with Crippen molar-refractivity contribution < 1.29 is 4.79 Å². The summed E-state index contributed by atoms with van der Waals surface area (Å²) >= 11 is 0.902. The van der Waals surface area contributed by atoms with Gasteiger partial charge in [0, 0.05) is 5.56 Å². The van der Waals surface area contributed by atoms with Crippen LogP contribution in [0.1, 0.15) is 5.56 Å².